The number of esters is 1. The zero-order valence-electron chi connectivity index (χ0n) is 74.6. The number of nitrogens with one attached hydrogen (secondary N) is 11. The van der Waals surface area contributed by atoms with Crippen molar-refractivity contribution in [2.24, 2.45) is 17.4 Å². The number of halogens is 1. The Labute approximate surface area is 785 Å². The van der Waals surface area contributed by atoms with Crippen LogP contribution in [0.4, 0.5) is 15.3 Å². The fourth-order valence-corrected chi connectivity index (χ4v) is 20.2. The molecule has 41 heteroatoms. The highest BCUT2D eigenvalue weighted by molar-refractivity contribution is 8.77. The third-order valence-electron chi connectivity index (χ3n) is 23.3. The molecule has 6 aromatic rings. The highest BCUT2D eigenvalue weighted by atomic mass is 35.5. The van der Waals surface area contributed by atoms with Crippen LogP contribution in [0.25, 0.3) is 10.9 Å². The van der Waals surface area contributed by atoms with Crippen molar-refractivity contribution in [3.63, 3.8) is 0 Å². The normalized spacial score (nSPS) is 25.2. The number of carbonyl (C=O) groups is 13. The molecule has 5 aromatic carbocycles. The van der Waals surface area contributed by atoms with E-state index in [4.69, 9.17) is 46.8 Å². The van der Waals surface area contributed by atoms with Gasteiger partial charge >= 0.3 is 18.1 Å². The molecule has 1 aromatic heterocycles. The number of ether oxygens (including phenoxy) is 5. The molecule has 17 atom stereocenters. The number of urea groups is 1. The number of aromatic amines is 1. The van der Waals surface area contributed by atoms with Gasteiger partial charge in [0.25, 0.3) is 0 Å². The summed E-state index contributed by atoms with van der Waals surface area (Å²) in [4.78, 5) is 195. The molecule has 36 nitrogen and oxygen atoms in total. The number of allylic oxidation sites excluding steroid dienone is 3. The summed E-state index contributed by atoms with van der Waals surface area (Å²) < 4.78 is 29.7. The number of hydrogen-bond acceptors (Lipinski definition) is 26. The molecular weight excluding hydrogens is 1800 g/mol. The van der Waals surface area contributed by atoms with Gasteiger partial charge in [-0.15, -0.1) is 0 Å². The number of H-pyrrole nitrogens is 1. The van der Waals surface area contributed by atoms with E-state index in [9.17, 15) is 58.5 Å². The minimum atomic E-state index is -1.96. The van der Waals surface area contributed by atoms with Crippen molar-refractivity contribution in [2.45, 2.75) is 202 Å². The van der Waals surface area contributed by atoms with Crippen LogP contribution in [-0.2, 0) is 104 Å². The minimum absolute atomic E-state index is 0.0499. The van der Waals surface area contributed by atoms with Crippen molar-refractivity contribution in [1.82, 2.24) is 63.1 Å². The van der Waals surface area contributed by atoms with Gasteiger partial charge in [-0.25, -0.2) is 14.4 Å². The van der Waals surface area contributed by atoms with Crippen molar-refractivity contribution in [2.75, 3.05) is 62.8 Å². The third-order valence-corrected chi connectivity index (χ3v) is 28.5. The molecule has 18 N–H and O–H groups in total. The number of anilines is 1. The number of fused-ring (bicyclic) bond motifs is 6. The predicted octanol–water partition coefficient (Wildman–Crippen LogP) is 4.85. The highest BCUT2D eigenvalue weighted by Crippen LogP contribution is 2.50. The van der Waals surface area contributed by atoms with Crippen LogP contribution < -0.4 is 74.3 Å². The number of likely N-dealkylation sites (N-methyl/N-ethyl adjacent to an activating group) is 1. The second-order valence-electron chi connectivity index (χ2n) is 33.1. The Morgan fingerprint density at radius 2 is 1.45 bits per heavy atom. The molecule has 4 aliphatic heterocycles. The van der Waals surface area contributed by atoms with E-state index in [-0.39, 0.29) is 97.5 Å². The van der Waals surface area contributed by atoms with E-state index in [2.05, 4.69) is 58.2 Å². The predicted molar refractivity (Wildman–Crippen MR) is 502 cm³/mol. The van der Waals surface area contributed by atoms with E-state index in [0.29, 0.717) is 46.0 Å². The maximum Gasteiger partial charge on any atom is 0.409 e. The molecule has 0 spiro atoms. The van der Waals surface area contributed by atoms with Crippen molar-refractivity contribution in [3.05, 3.63) is 184 Å². The van der Waals surface area contributed by atoms with Gasteiger partial charge in [0.15, 0.2) is 5.72 Å². The van der Waals surface area contributed by atoms with E-state index in [1.165, 1.54) is 71.3 Å². The monoisotopic (exact) mass is 1920 g/mol. The fourth-order valence-electron chi connectivity index (χ4n) is 15.4. The topological polar surface area (TPSA) is 527 Å². The number of unbranched alkanes of at least 4 members (excludes halogenated alkanes) is 1. The van der Waals surface area contributed by atoms with Gasteiger partial charge in [-0.3, -0.25) is 53.3 Å². The lowest BCUT2D eigenvalue weighted by Gasteiger charge is -2.42. The Kier molecular flexibility index (Phi) is 37.9. The van der Waals surface area contributed by atoms with Gasteiger partial charge in [0.05, 0.1) is 31.4 Å². The number of alkyl carbamates (subject to hydrolysis) is 1. The number of aromatic nitrogens is 1. The lowest BCUT2D eigenvalue weighted by Crippen LogP contribution is -2.63. The molecular formula is C91H116ClN15O21S4. The molecule has 13 amide bonds. The number of para-hydroxylation sites is 1. The Morgan fingerprint density at radius 3 is 2.13 bits per heavy atom. The number of phenols is 1. The summed E-state index contributed by atoms with van der Waals surface area (Å²) >= 11 is 6.91. The molecule has 712 valence electrons. The molecule has 0 radical (unpaired) electrons. The number of methoxy groups -OCH3 is 2. The number of benzene rings is 5. The number of aromatic hydroxyl groups is 1. The lowest BCUT2D eigenvalue weighted by atomic mass is 9.83. The average molecular weight is 1920 g/mol. The van der Waals surface area contributed by atoms with Crippen LogP contribution in [0.3, 0.4) is 0 Å². The number of amides is 13. The van der Waals surface area contributed by atoms with E-state index in [1.54, 1.807) is 123 Å². The second kappa shape index (κ2) is 48.5. The van der Waals surface area contributed by atoms with Crippen molar-refractivity contribution < 1.29 is 101 Å². The second-order valence-corrected chi connectivity index (χ2v) is 38.7. The first kappa shape index (κ1) is 103. The molecule has 10 rings (SSSR count). The first-order valence-electron chi connectivity index (χ1n) is 43.1. The van der Waals surface area contributed by atoms with Crippen LogP contribution in [0, 0.1) is 5.92 Å². The average Bonchev–Trinajstić information content (AvgIpc) is 1.56. The quantitative estimate of drug-likeness (QED) is 0.0124. The summed E-state index contributed by atoms with van der Waals surface area (Å²) in [7, 11) is 9.61. The summed E-state index contributed by atoms with van der Waals surface area (Å²) in [6.45, 7) is 8.10. The summed E-state index contributed by atoms with van der Waals surface area (Å²) in [5.74, 6) is -11.3. The number of aliphatic hydroxyl groups is 2. The van der Waals surface area contributed by atoms with Crippen LogP contribution in [-0.4, -0.2) is 256 Å². The molecule has 0 saturated carbocycles. The van der Waals surface area contributed by atoms with Gasteiger partial charge in [0.2, 0.25) is 59.1 Å². The number of epoxide rings is 1. The van der Waals surface area contributed by atoms with Gasteiger partial charge in [0.1, 0.15) is 94.8 Å². The fraction of sp³-hybridized carbons (Fsp3) is 0.462. The number of primary amides is 1. The van der Waals surface area contributed by atoms with Gasteiger partial charge in [0, 0.05) is 106 Å². The number of rotatable bonds is 30. The number of aliphatic hydroxyl groups excluding tert-OH is 1. The van der Waals surface area contributed by atoms with E-state index in [0.717, 1.165) is 59.2 Å². The first-order chi connectivity index (χ1) is 63.0. The Bertz CT molecular complexity index is 5140. The molecule has 0 aliphatic carbocycles. The number of phenolic OH excluding ortho intramolecular Hbond substituents is 1. The summed E-state index contributed by atoms with van der Waals surface area (Å²) in [5, 5.41) is 61.5. The van der Waals surface area contributed by atoms with Crippen molar-refractivity contribution >= 4 is 149 Å². The Balaban J connectivity index is 0.872. The molecule has 4 aliphatic rings. The van der Waals surface area contributed by atoms with Gasteiger partial charge in [-0.1, -0.05) is 176 Å². The minimum Gasteiger partial charge on any atom is -0.508 e. The summed E-state index contributed by atoms with van der Waals surface area (Å²) in [6.07, 6.45) is -0.684. The van der Waals surface area contributed by atoms with Crippen LogP contribution in [0.1, 0.15) is 101 Å². The molecule has 5 heterocycles. The Hall–Kier alpha value is -11.1. The number of hydrogen-bond donors (Lipinski definition) is 16. The molecule has 0 unspecified atom stereocenters. The van der Waals surface area contributed by atoms with Crippen molar-refractivity contribution in [3.8, 4) is 11.5 Å². The van der Waals surface area contributed by atoms with Gasteiger partial charge < -0.3 is 113 Å². The first-order valence-corrected chi connectivity index (χ1v) is 48.4. The van der Waals surface area contributed by atoms with Crippen LogP contribution in [0.15, 0.2) is 151 Å². The van der Waals surface area contributed by atoms with E-state index < -0.39 is 191 Å². The lowest BCUT2D eigenvalue weighted by molar-refractivity contribution is -0.162. The maximum atomic E-state index is 15.4. The maximum absolute atomic E-state index is 15.4. The summed E-state index contributed by atoms with van der Waals surface area (Å²) in [5.41, 5.74) is 13.4. The largest absolute Gasteiger partial charge is 0.508 e. The standard InChI is InChI=1S/C91H116ClN15O21S4/c1-50-21-20-29-72(125-9)91(123)44-71(126-89(122)105-91)51(2)78-90(5,128-78)73(43-75(111)107(7)69-40-57(37-50)41-70(124-8)76(69)92)127-87(120)52(3)106(6)74(110)34-36-129-130-47-66(79(94)112)100-85(118)68-49-132-131-48-67(101-82(115)64(38-54-22-12-10-13-23-54)103-88(121)96-45-56-24-14-11-15-25-56)84(117)98-63(39-55-30-32-59(109)33-31-55)81(114)99-65(42-58-46-95-61-27-17-16-26-60(58)61)83(116)97-62(28-18-19-35-93)80(113)104-77(53(4)108)86(119)102-68/h10-17,20-27,29-33,40-41,46,51-53,62-68,71-73,77-78,95,108-109,123H,18-19,28,34-39,42-45,47-49,93H2,1-9H3,(H2,94,112)(H,97,116)(H,98,117)(H,99,114)(H,100,118)(H,101,115)(H,102,119)(H,104,113)(H,105,122)(H2,96,103,121)/b29-20+,50-21+/t51-,52+,53-,62+,63+,64-,65-,66+,67+,68+,71+,72-,73+,77+,78+,90+,91+/m1/s1. The SMILES string of the molecule is COc1cc2cc(c1Cl)N(C)C(=O)C[C@H](OC(=O)[C@H](C)N(C)C(=O)CCSSC[C@H](NC(=O)[C@@H]1CSSC[C@H](NC(=O)[C@@H](Cc3ccccc3)NC(=O)NCc3ccccc3)C(=O)N[C@@H](Cc3ccc(O)cc3)C(=O)N[C@H](Cc3c[nH]c4ccccc34)C(=O)N[C@@H](CCCCN)C(=O)N[C@@H]([C@@H](C)O)C(=O)N1)C(N)=O)[C@]1(C)O[C@H]1[C@H](C)[C@@H]1C[C@@](O)(NC(=O)O1)[C@H](OC)/C=C/C=C(\C)C2. The third kappa shape index (κ3) is 28.5. The molecule has 3 saturated heterocycles. The molecule has 3 fully saturated rings. The highest BCUT2D eigenvalue weighted by Gasteiger charge is 2.65. The van der Waals surface area contributed by atoms with E-state index in [1.807, 2.05) is 19.1 Å². The zero-order chi connectivity index (χ0) is 95.7. The zero-order valence-corrected chi connectivity index (χ0v) is 78.6. The van der Waals surface area contributed by atoms with E-state index >= 15 is 19.2 Å². The van der Waals surface area contributed by atoms with Gasteiger partial charge in [-0.2, -0.15) is 0 Å². The summed E-state index contributed by atoms with van der Waals surface area (Å²) in [6, 6.07) is 19.5. The molecule has 4 bridgehead atoms. The number of nitrogens with two attached hydrogens (primary N) is 2. The van der Waals surface area contributed by atoms with Gasteiger partial charge in [-0.05, 0) is 118 Å². The number of carbonyl (C=O) groups excluding carboxylic acids is 13. The van der Waals surface area contributed by atoms with Crippen LogP contribution in [0.2, 0.25) is 5.02 Å². The van der Waals surface area contributed by atoms with Crippen LogP contribution >= 0.6 is 54.8 Å². The Morgan fingerprint density at radius 1 is 0.788 bits per heavy atom. The smallest absolute Gasteiger partial charge is 0.409 e. The number of nitrogens with zero attached hydrogens (tertiary/aromatic N) is 2. The van der Waals surface area contributed by atoms with Crippen molar-refractivity contribution in [1.29, 1.82) is 0 Å². The van der Waals surface area contributed by atoms with Crippen LogP contribution in [0.5, 0.6) is 11.5 Å². The molecule has 132 heavy (non-hydrogen) atoms.